The van der Waals surface area contributed by atoms with Gasteiger partial charge in [0.25, 0.3) is 5.91 Å². The van der Waals surface area contributed by atoms with Gasteiger partial charge in [-0.05, 0) is 13.3 Å². The van der Waals surface area contributed by atoms with Crippen molar-refractivity contribution >= 4 is 5.91 Å². The van der Waals surface area contributed by atoms with Crippen molar-refractivity contribution in [2.45, 2.75) is 19.4 Å². The molecule has 1 aromatic heterocycles. The minimum absolute atomic E-state index is 0.168. The van der Waals surface area contributed by atoms with Crippen molar-refractivity contribution in [3.63, 3.8) is 0 Å². The van der Waals surface area contributed by atoms with Crippen molar-refractivity contribution in [1.82, 2.24) is 10.1 Å². The number of hydrogen-bond acceptors (Lipinski definition) is 4. The first-order valence-corrected chi connectivity index (χ1v) is 4.57. The van der Waals surface area contributed by atoms with E-state index in [1.807, 2.05) is 0 Å². The number of aromatic nitrogens is 1. The van der Waals surface area contributed by atoms with Crippen LogP contribution in [0.5, 0.6) is 0 Å². The summed E-state index contributed by atoms with van der Waals surface area (Å²) in [4.78, 5) is 13.3. The number of rotatable bonds is 1. The Labute approximate surface area is 81.3 Å². The van der Waals surface area contributed by atoms with Crippen molar-refractivity contribution in [2.24, 2.45) is 0 Å². The van der Waals surface area contributed by atoms with Crippen LogP contribution in [0.3, 0.4) is 0 Å². The summed E-state index contributed by atoms with van der Waals surface area (Å²) in [5.74, 6) is 0.450. The molecule has 1 aliphatic rings. The highest BCUT2D eigenvalue weighted by molar-refractivity contribution is 5.92. The summed E-state index contributed by atoms with van der Waals surface area (Å²) in [5.41, 5.74) is 0.316. The van der Waals surface area contributed by atoms with Gasteiger partial charge < -0.3 is 14.5 Å². The zero-order valence-corrected chi connectivity index (χ0v) is 7.93. The van der Waals surface area contributed by atoms with E-state index in [0.717, 1.165) is 0 Å². The third-order valence-corrected chi connectivity index (χ3v) is 2.30. The van der Waals surface area contributed by atoms with Crippen molar-refractivity contribution < 1.29 is 14.4 Å². The van der Waals surface area contributed by atoms with Crippen LogP contribution >= 0.6 is 0 Å². The second kappa shape index (κ2) is 3.42. The largest absolute Gasteiger partial charge is 0.391 e. The first-order chi connectivity index (χ1) is 6.66. The van der Waals surface area contributed by atoms with Crippen LogP contribution in [-0.4, -0.2) is 40.3 Å². The van der Waals surface area contributed by atoms with Crippen LogP contribution in [-0.2, 0) is 0 Å². The maximum absolute atomic E-state index is 11.7. The Morgan fingerprint density at radius 2 is 2.57 bits per heavy atom. The number of aryl methyl sites for hydroxylation is 1. The van der Waals surface area contributed by atoms with Gasteiger partial charge >= 0.3 is 0 Å². The number of amides is 1. The molecule has 5 nitrogen and oxygen atoms in total. The summed E-state index contributed by atoms with van der Waals surface area (Å²) in [6, 6.07) is 1.60. The molecule has 76 valence electrons. The van der Waals surface area contributed by atoms with Crippen LogP contribution in [0.4, 0.5) is 0 Å². The Bertz CT molecular complexity index is 348. The van der Waals surface area contributed by atoms with Gasteiger partial charge in [-0.25, -0.2) is 0 Å². The smallest absolute Gasteiger partial charge is 0.276 e. The summed E-state index contributed by atoms with van der Waals surface area (Å²) in [6.07, 6.45) is 0.245. The average Bonchev–Trinajstić information content (AvgIpc) is 2.73. The average molecular weight is 196 g/mol. The predicted molar refractivity (Wildman–Crippen MR) is 47.8 cm³/mol. The van der Waals surface area contributed by atoms with Gasteiger partial charge in [-0.3, -0.25) is 4.79 Å². The molecule has 5 heteroatoms. The minimum Gasteiger partial charge on any atom is -0.391 e. The predicted octanol–water partition coefficient (Wildman–Crippen LogP) is 0.190. The third-order valence-electron chi connectivity index (χ3n) is 2.30. The van der Waals surface area contributed by atoms with Crippen molar-refractivity contribution in [2.75, 3.05) is 13.1 Å². The van der Waals surface area contributed by atoms with Gasteiger partial charge in [0.2, 0.25) is 0 Å². The molecule has 0 radical (unpaired) electrons. The van der Waals surface area contributed by atoms with Gasteiger partial charge in [-0.15, -0.1) is 0 Å². The Balaban J connectivity index is 2.09. The van der Waals surface area contributed by atoms with Gasteiger partial charge in [0, 0.05) is 19.2 Å². The van der Waals surface area contributed by atoms with Crippen molar-refractivity contribution in [3.8, 4) is 0 Å². The van der Waals surface area contributed by atoms with E-state index in [1.54, 1.807) is 17.9 Å². The maximum atomic E-state index is 11.7. The molecule has 0 aromatic carbocycles. The number of β-amino-alcohol motifs (C(OH)–C–C–N with tert-alkyl or cyclic N) is 1. The number of carbonyl (C=O) groups is 1. The number of carbonyl (C=O) groups excluding carboxylic acids is 1. The van der Waals surface area contributed by atoms with Gasteiger partial charge in [0.05, 0.1) is 6.10 Å². The van der Waals surface area contributed by atoms with Crippen LogP contribution in [0, 0.1) is 6.92 Å². The fourth-order valence-corrected chi connectivity index (χ4v) is 1.56. The topological polar surface area (TPSA) is 66.6 Å². The van der Waals surface area contributed by atoms with Gasteiger partial charge in [0.15, 0.2) is 5.69 Å². The summed E-state index contributed by atoms with van der Waals surface area (Å²) >= 11 is 0. The lowest BCUT2D eigenvalue weighted by Crippen LogP contribution is -2.29. The Morgan fingerprint density at radius 3 is 3.07 bits per heavy atom. The van der Waals surface area contributed by atoms with E-state index >= 15 is 0 Å². The molecule has 0 saturated carbocycles. The van der Waals surface area contributed by atoms with Crippen molar-refractivity contribution in [1.29, 1.82) is 0 Å². The van der Waals surface area contributed by atoms with Crippen LogP contribution in [0.1, 0.15) is 22.7 Å². The fraction of sp³-hybridized carbons (Fsp3) is 0.556. The zero-order chi connectivity index (χ0) is 10.1. The van der Waals surface area contributed by atoms with E-state index in [4.69, 9.17) is 4.52 Å². The van der Waals surface area contributed by atoms with Gasteiger partial charge in [-0.1, -0.05) is 5.16 Å². The van der Waals surface area contributed by atoms with Crippen LogP contribution in [0.15, 0.2) is 10.6 Å². The lowest BCUT2D eigenvalue weighted by molar-refractivity contribution is 0.0754. The molecule has 1 fully saturated rings. The molecule has 1 aromatic rings. The Morgan fingerprint density at radius 1 is 1.79 bits per heavy atom. The minimum atomic E-state index is -0.396. The second-order valence-electron chi connectivity index (χ2n) is 3.52. The number of likely N-dealkylation sites (tertiary alicyclic amines) is 1. The van der Waals surface area contributed by atoms with Crippen molar-refractivity contribution in [3.05, 3.63) is 17.5 Å². The normalized spacial score (nSPS) is 21.6. The molecule has 1 aliphatic heterocycles. The molecular weight excluding hydrogens is 184 g/mol. The number of aliphatic hydroxyl groups is 1. The Kier molecular flexibility index (Phi) is 2.25. The summed E-state index contributed by atoms with van der Waals surface area (Å²) in [7, 11) is 0. The molecule has 1 N–H and O–H groups in total. The summed E-state index contributed by atoms with van der Waals surface area (Å²) in [5, 5.41) is 12.9. The third kappa shape index (κ3) is 1.63. The highest BCUT2D eigenvalue weighted by Crippen LogP contribution is 2.13. The molecule has 0 bridgehead atoms. The van der Waals surface area contributed by atoms with E-state index in [1.165, 1.54) is 0 Å². The first-order valence-electron chi connectivity index (χ1n) is 4.57. The van der Waals surface area contributed by atoms with Crippen LogP contribution in [0.25, 0.3) is 0 Å². The number of hydrogen-bond donors (Lipinski definition) is 1. The highest BCUT2D eigenvalue weighted by Gasteiger charge is 2.26. The van der Waals surface area contributed by atoms with E-state index in [2.05, 4.69) is 5.16 Å². The molecule has 1 saturated heterocycles. The number of nitrogens with zero attached hydrogens (tertiary/aromatic N) is 2. The van der Waals surface area contributed by atoms with Gasteiger partial charge in [-0.2, -0.15) is 0 Å². The quantitative estimate of drug-likeness (QED) is 0.696. The van der Waals surface area contributed by atoms with Crippen LogP contribution < -0.4 is 0 Å². The fourth-order valence-electron chi connectivity index (χ4n) is 1.56. The van der Waals surface area contributed by atoms with Crippen LogP contribution in [0.2, 0.25) is 0 Å². The highest BCUT2D eigenvalue weighted by atomic mass is 16.5. The summed E-state index contributed by atoms with van der Waals surface area (Å²) < 4.78 is 4.81. The standard InChI is InChI=1S/C9H12N2O3/c1-6-4-8(10-14-6)9(13)11-3-2-7(12)5-11/h4,7,12H,2-3,5H2,1H3/t7-/m0/s1. The molecule has 14 heavy (non-hydrogen) atoms. The van der Waals surface area contributed by atoms with E-state index < -0.39 is 6.10 Å². The SMILES string of the molecule is Cc1cc(C(=O)N2CC[C@H](O)C2)no1. The van der Waals surface area contributed by atoms with E-state index in [0.29, 0.717) is 31.0 Å². The van der Waals surface area contributed by atoms with E-state index in [-0.39, 0.29) is 5.91 Å². The summed E-state index contributed by atoms with van der Waals surface area (Å²) in [6.45, 7) is 2.72. The van der Waals surface area contributed by atoms with Gasteiger partial charge in [0.1, 0.15) is 5.76 Å². The molecule has 2 heterocycles. The first kappa shape index (κ1) is 9.21. The molecule has 1 atom stereocenters. The molecular formula is C9H12N2O3. The molecule has 2 rings (SSSR count). The number of aliphatic hydroxyl groups excluding tert-OH is 1. The zero-order valence-electron chi connectivity index (χ0n) is 7.93. The lowest BCUT2D eigenvalue weighted by atomic mass is 10.3. The molecule has 1 amide bonds. The maximum Gasteiger partial charge on any atom is 0.276 e. The lowest BCUT2D eigenvalue weighted by Gasteiger charge is -2.12. The molecule has 0 spiro atoms. The monoisotopic (exact) mass is 196 g/mol. The molecule has 0 aliphatic carbocycles. The van der Waals surface area contributed by atoms with E-state index in [9.17, 15) is 9.90 Å². The Hall–Kier alpha value is -1.36. The second-order valence-corrected chi connectivity index (χ2v) is 3.52. The molecule has 0 unspecified atom stereocenters.